The van der Waals surface area contributed by atoms with E-state index in [1.807, 2.05) is 6.07 Å². The van der Waals surface area contributed by atoms with Gasteiger partial charge in [0.25, 0.3) is 5.91 Å². The van der Waals surface area contributed by atoms with Crippen molar-refractivity contribution in [1.82, 2.24) is 10.2 Å². The van der Waals surface area contributed by atoms with Crippen LogP contribution in [0.5, 0.6) is 0 Å². The number of nitrogens with one attached hydrogen (secondary N) is 2. The average Bonchev–Trinajstić information content (AvgIpc) is 3.45. The monoisotopic (exact) mass is 381 g/mol. The summed E-state index contributed by atoms with van der Waals surface area (Å²) in [7, 11) is 0. The Kier molecular flexibility index (Phi) is 5.13. The molecule has 2 aromatic rings. The van der Waals surface area contributed by atoms with Crippen LogP contribution in [0.15, 0.2) is 48.5 Å². The number of carbonyl (C=O) groups excluding carboxylic acids is 2. The van der Waals surface area contributed by atoms with Crippen LogP contribution < -0.4 is 10.6 Å². The van der Waals surface area contributed by atoms with Crippen LogP contribution in [-0.2, 0) is 4.79 Å². The zero-order valence-corrected chi connectivity index (χ0v) is 15.8. The highest BCUT2D eigenvalue weighted by Crippen LogP contribution is 2.38. The molecule has 0 bridgehead atoms. The maximum absolute atomic E-state index is 13.6. The van der Waals surface area contributed by atoms with E-state index in [0.29, 0.717) is 36.8 Å². The van der Waals surface area contributed by atoms with Crippen LogP contribution in [0.3, 0.4) is 0 Å². The lowest BCUT2D eigenvalue weighted by molar-refractivity contribution is -0.117. The predicted octanol–water partition coefficient (Wildman–Crippen LogP) is 3.21. The van der Waals surface area contributed by atoms with Crippen LogP contribution in [0.4, 0.5) is 10.1 Å². The van der Waals surface area contributed by atoms with E-state index in [1.54, 1.807) is 35.2 Å². The number of piperazine rings is 1. The second-order valence-corrected chi connectivity index (χ2v) is 7.66. The largest absolute Gasteiger partial charge is 0.329 e. The van der Waals surface area contributed by atoms with Crippen molar-refractivity contribution in [3.63, 3.8) is 0 Å². The lowest BCUT2D eigenvalue weighted by atomic mass is 10.0. The van der Waals surface area contributed by atoms with E-state index >= 15 is 0 Å². The molecular formula is C22H24FN3O2. The van der Waals surface area contributed by atoms with Gasteiger partial charge in [0.2, 0.25) is 5.91 Å². The average molecular weight is 381 g/mol. The quantitative estimate of drug-likeness (QED) is 0.855. The molecule has 0 spiro atoms. The van der Waals surface area contributed by atoms with E-state index in [9.17, 15) is 14.0 Å². The van der Waals surface area contributed by atoms with E-state index in [2.05, 4.69) is 17.6 Å². The van der Waals surface area contributed by atoms with Crippen molar-refractivity contribution in [1.29, 1.82) is 0 Å². The van der Waals surface area contributed by atoms with Gasteiger partial charge in [0.15, 0.2) is 0 Å². The van der Waals surface area contributed by atoms with Crippen molar-refractivity contribution in [3.8, 4) is 0 Å². The zero-order chi connectivity index (χ0) is 19.7. The number of rotatable bonds is 4. The Bertz CT molecular complexity index is 884. The van der Waals surface area contributed by atoms with Gasteiger partial charge in [-0.15, -0.1) is 0 Å². The van der Waals surface area contributed by atoms with E-state index in [4.69, 9.17) is 0 Å². The molecule has 28 heavy (non-hydrogen) atoms. The van der Waals surface area contributed by atoms with E-state index in [1.165, 1.54) is 12.1 Å². The molecule has 4 rings (SSSR count). The normalized spacial score (nSPS) is 23.9. The summed E-state index contributed by atoms with van der Waals surface area (Å²) < 4.78 is 13.6. The molecule has 0 radical (unpaired) electrons. The van der Waals surface area contributed by atoms with Crippen LogP contribution in [0.2, 0.25) is 0 Å². The van der Waals surface area contributed by atoms with Crippen LogP contribution in [0, 0.1) is 17.7 Å². The van der Waals surface area contributed by atoms with Crippen molar-refractivity contribution in [3.05, 3.63) is 65.5 Å². The first-order valence-electron chi connectivity index (χ1n) is 9.71. The number of carbonyl (C=O) groups is 2. The molecule has 0 aromatic heterocycles. The molecule has 3 unspecified atom stereocenters. The number of anilines is 1. The summed E-state index contributed by atoms with van der Waals surface area (Å²) in [5.74, 6) is 0.201. The maximum atomic E-state index is 13.6. The number of benzene rings is 2. The van der Waals surface area contributed by atoms with Gasteiger partial charge in [0.1, 0.15) is 5.82 Å². The summed E-state index contributed by atoms with van der Waals surface area (Å²) in [6.45, 7) is 3.90. The fraction of sp³-hybridized carbons (Fsp3) is 0.364. The molecule has 1 aliphatic heterocycles. The molecule has 1 saturated heterocycles. The van der Waals surface area contributed by atoms with Crippen molar-refractivity contribution in [2.24, 2.45) is 11.8 Å². The summed E-state index contributed by atoms with van der Waals surface area (Å²) in [6, 6.07) is 13.2. The van der Waals surface area contributed by atoms with Gasteiger partial charge >= 0.3 is 0 Å². The van der Waals surface area contributed by atoms with Gasteiger partial charge in [-0.05, 0) is 54.3 Å². The van der Waals surface area contributed by atoms with Gasteiger partial charge in [-0.3, -0.25) is 9.59 Å². The van der Waals surface area contributed by atoms with E-state index in [0.717, 1.165) is 12.0 Å². The van der Waals surface area contributed by atoms with Gasteiger partial charge in [-0.1, -0.05) is 19.1 Å². The van der Waals surface area contributed by atoms with Crippen LogP contribution in [0.1, 0.15) is 35.3 Å². The highest BCUT2D eigenvalue weighted by atomic mass is 19.1. The van der Waals surface area contributed by atoms with Crippen molar-refractivity contribution >= 4 is 17.5 Å². The molecule has 2 N–H and O–H groups in total. The standard InChI is InChI=1S/C22H24FN3O2/c1-14-11-19(14)21(27)25-18-7-5-15(6-8-18)22(28)26-10-9-24-13-20(26)16-3-2-4-17(23)12-16/h2-8,12,14,19-20,24H,9-11,13H2,1H3,(H,25,27). The minimum absolute atomic E-state index is 0.0415. The number of halogens is 1. The molecular weight excluding hydrogens is 357 g/mol. The summed E-state index contributed by atoms with van der Waals surface area (Å²) in [5, 5.41) is 6.18. The molecule has 2 aromatic carbocycles. The third-order valence-corrected chi connectivity index (χ3v) is 5.58. The predicted molar refractivity (Wildman–Crippen MR) is 105 cm³/mol. The molecule has 2 aliphatic rings. The van der Waals surface area contributed by atoms with Crippen molar-refractivity contribution < 1.29 is 14.0 Å². The Morgan fingerprint density at radius 1 is 1.18 bits per heavy atom. The van der Waals surface area contributed by atoms with Crippen molar-refractivity contribution in [2.75, 3.05) is 25.0 Å². The fourth-order valence-corrected chi connectivity index (χ4v) is 3.74. The summed E-state index contributed by atoms with van der Waals surface area (Å²) in [5.41, 5.74) is 2.03. The highest BCUT2D eigenvalue weighted by Gasteiger charge is 2.39. The number of hydrogen-bond acceptors (Lipinski definition) is 3. The summed E-state index contributed by atoms with van der Waals surface area (Å²) in [6.07, 6.45) is 0.937. The second-order valence-electron chi connectivity index (χ2n) is 7.66. The molecule has 2 amide bonds. The summed E-state index contributed by atoms with van der Waals surface area (Å²) >= 11 is 0. The van der Waals surface area contributed by atoms with Crippen molar-refractivity contribution in [2.45, 2.75) is 19.4 Å². The van der Waals surface area contributed by atoms with Crippen LogP contribution in [0.25, 0.3) is 0 Å². The van der Waals surface area contributed by atoms with Crippen LogP contribution >= 0.6 is 0 Å². The van der Waals surface area contributed by atoms with Crippen LogP contribution in [-0.4, -0.2) is 36.3 Å². The smallest absolute Gasteiger partial charge is 0.254 e. The third kappa shape index (κ3) is 3.92. The third-order valence-electron chi connectivity index (χ3n) is 5.58. The first kappa shape index (κ1) is 18.6. The summed E-state index contributed by atoms with van der Waals surface area (Å²) in [4.78, 5) is 26.9. The Labute approximate surface area is 163 Å². The highest BCUT2D eigenvalue weighted by molar-refractivity contribution is 5.97. The minimum atomic E-state index is -0.305. The molecule has 146 valence electrons. The molecule has 5 nitrogen and oxygen atoms in total. The number of amides is 2. The first-order valence-corrected chi connectivity index (χ1v) is 9.71. The molecule has 6 heteroatoms. The van der Waals surface area contributed by atoms with Gasteiger partial charge in [-0.25, -0.2) is 4.39 Å². The molecule has 2 fully saturated rings. The molecule has 3 atom stereocenters. The Morgan fingerprint density at radius 3 is 2.61 bits per heavy atom. The lowest BCUT2D eigenvalue weighted by Crippen LogP contribution is -2.48. The number of nitrogens with zero attached hydrogens (tertiary/aromatic N) is 1. The lowest BCUT2D eigenvalue weighted by Gasteiger charge is -2.36. The Hall–Kier alpha value is -2.73. The zero-order valence-electron chi connectivity index (χ0n) is 15.8. The van der Waals surface area contributed by atoms with Gasteiger partial charge in [0, 0.05) is 36.8 Å². The van der Waals surface area contributed by atoms with Gasteiger partial charge in [0.05, 0.1) is 6.04 Å². The Morgan fingerprint density at radius 2 is 1.93 bits per heavy atom. The molecule has 1 heterocycles. The second kappa shape index (κ2) is 7.72. The first-order chi connectivity index (χ1) is 13.5. The fourth-order valence-electron chi connectivity index (χ4n) is 3.74. The minimum Gasteiger partial charge on any atom is -0.329 e. The van der Waals surface area contributed by atoms with Gasteiger partial charge in [-0.2, -0.15) is 0 Å². The molecule has 1 aliphatic carbocycles. The SMILES string of the molecule is CC1CC1C(=O)Nc1ccc(C(=O)N2CCNCC2c2cccc(F)c2)cc1. The van der Waals surface area contributed by atoms with E-state index in [-0.39, 0.29) is 29.6 Å². The molecule has 1 saturated carbocycles. The topological polar surface area (TPSA) is 61.4 Å². The number of hydrogen-bond donors (Lipinski definition) is 2. The van der Waals surface area contributed by atoms with Gasteiger partial charge < -0.3 is 15.5 Å². The van der Waals surface area contributed by atoms with E-state index < -0.39 is 0 Å². The Balaban J connectivity index is 1.48. The maximum Gasteiger partial charge on any atom is 0.254 e.